The summed E-state index contributed by atoms with van der Waals surface area (Å²) in [6, 6.07) is 9.73. The summed E-state index contributed by atoms with van der Waals surface area (Å²) >= 11 is 6.24. The molecule has 0 saturated carbocycles. The highest BCUT2D eigenvalue weighted by atomic mass is 35.5. The molecule has 0 unspecified atom stereocenters. The van der Waals surface area contributed by atoms with E-state index >= 15 is 0 Å². The van der Waals surface area contributed by atoms with E-state index in [0.29, 0.717) is 16.5 Å². The zero-order valence-electron chi connectivity index (χ0n) is 12.8. The summed E-state index contributed by atoms with van der Waals surface area (Å²) < 4.78 is 19.3. The zero-order chi connectivity index (χ0) is 16.1. The van der Waals surface area contributed by atoms with Crippen LogP contribution in [0.15, 0.2) is 41.4 Å². The largest absolute Gasteiger partial charge is 0.454 e. The maximum atomic E-state index is 13.7. The van der Waals surface area contributed by atoms with E-state index in [2.05, 4.69) is 10.3 Å². The molecule has 0 aromatic heterocycles. The number of hydrogen-bond donors (Lipinski definition) is 1. The Hall–Kier alpha value is -2.07. The Morgan fingerprint density at radius 2 is 2.00 bits per heavy atom. The maximum Gasteiger partial charge on any atom is 0.165 e. The molecule has 0 heterocycles. The normalized spacial score (nSPS) is 11.4. The van der Waals surface area contributed by atoms with Crippen LogP contribution in [0, 0.1) is 12.7 Å². The summed E-state index contributed by atoms with van der Waals surface area (Å²) in [6.45, 7) is 6.53. The third kappa shape index (κ3) is 3.98. The second-order valence-corrected chi connectivity index (χ2v) is 5.24. The lowest BCUT2D eigenvalue weighted by Crippen LogP contribution is -2.18. The first kappa shape index (κ1) is 16.3. The number of hydrogen-bond acceptors (Lipinski definition) is 2. The fraction of sp³-hybridized carbons (Fsp3) is 0.235. The van der Waals surface area contributed by atoms with Crippen molar-refractivity contribution in [3.8, 4) is 11.5 Å². The summed E-state index contributed by atoms with van der Waals surface area (Å²) in [6.07, 6.45) is 0. The van der Waals surface area contributed by atoms with Crippen LogP contribution in [0.1, 0.15) is 19.4 Å². The van der Waals surface area contributed by atoms with E-state index < -0.39 is 5.82 Å². The molecule has 2 aromatic carbocycles. The van der Waals surface area contributed by atoms with Gasteiger partial charge in [0, 0.05) is 12.6 Å². The fourth-order valence-electron chi connectivity index (χ4n) is 1.97. The molecule has 0 aliphatic carbocycles. The van der Waals surface area contributed by atoms with Crippen molar-refractivity contribution < 1.29 is 9.13 Å². The smallest absolute Gasteiger partial charge is 0.165 e. The molecular formula is C17H18ClFN2O. The highest BCUT2D eigenvalue weighted by molar-refractivity contribution is 6.33. The Kier molecular flexibility index (Phi) is 5.39. The van der Waals surface area contributed by atoms with Crippen LogP contribution in [0.5, 0.6) is 11.5 Å². The van der Waals surface area contributed by atoms with E-state index in [1.807, 2.05) is 26.8 Å². The highest BCUT2D eigenvalue weighted by Crippen LogP contribution is 2.35. The van der Waals surface area contributed by atoms with Crippen molar-refractivity contribution in [2.75, 3.05) is 6.54 Å². The lowest BCUT2D eigenvalue weighted by atomic mass is 10.2. The predicted molar refractivity (Wildman–Crippen MR) is 89.1 cm³/mol. The van der Waals surface area contributed by atoms with E-state index in [1.165, 1.54) is 6.07 Å². The second-order valence-electron chi connectivity index (χ2n) is 4.83. The molecule has 1 N–H and O–H groups in total. The summed E-state index contributed by atoms with van der Waals surface area (Å²) in [4.78, 5) is 4.42. The maximum absolute atomic E-state index is 13.7. The van der Waals surface area contributed by atoms with Gasteiger partial charge in [0.1, 0.15) is 5.75 Å². The number of ether oxygens (including phenoxy) is 1. The van der Waals surface area contributed by atoms with Gasteiger partial charge in [0.05, 0.1) is 16.5 Å². The number of nitrogens with one attached hydrogen (secondary N) is 1. The van der Waals surface area contributed by atoms with E-state index in [9.17, 15) is 4.39 Å². The average Bonchev–Trinajstić information content (AvgIpc) is 2.47. The lowest BCUT2D eigenvalue weighted by molar-refractivity contribution is 0.439. The van der Waals surface area contributed by atoms with Crippen molar-refractivity contribution in [2.45, 2.75) is 20.8 Å². The third-order valence-electron chi connectivity index (χ3n) is 3.02. The van der Waals surface area contributed by atoms with Gasteiger partial charge >= 0.3 is 0 Å². The van der Waals surface area contributed by atoms with Gasteiger partial charge in [-0.05, 0) is 44.5 Å². The van der Waals surface area contributed by atoms with Crippen molar-refractivity contribution in [1.82, 2.24) is 5.32 Å². The number of aryl methyl sites for hydroxylation is 1. The summed E-state index contributed by atoms with van der Waals surface area (Å²) in [5, 5.41) is 3.57. The first-order chi connectivity index (χ1) is 10.5. The highest BCUT2D eigenvalue weighted by Gasteiger charge is 2.10. The van der Waals surface area contributed by atoms with Crippen LogP contribution in [0.3, 0.4) is 0 Å². The summed E-state index contributed by atoms with van der Waals surface area (Å²) in [5.74, 6) is 1.05. The molecule has 2 rings (SSSR count). The Bertz CT molecular complexity index is 701. The first-order valence-corrected chi connectivity index (χ1v) is 7.40. The van der Waals surface area contributed by atoms with Crippen LogP contribution >= 0.6 is 11.6 Å². The Morgan fingerprint density at radius 1 is 1.27 bits per heavy atom. The lowest BCUT2D eigenvalue weighted by Gasteiger charge is -2.11. The van der Waals surface area contributed by atoms with E-state index in [0.717, 1.165) is 17.9 Å². The van der Waals surface area contributed by atoms with Crippen LogP contribution < -0.4 is 10.1 Å². The molecule has 2 aromatic rings. The van der Waals surface area contributed by atoms with E-state index in [4.69, 9.17) is 16.3 Å². The molecule has 0 amide bonds. The number of halogens is 2. The van der Waals surface area contributed by atoms with Crippen LogP contribution in [0.25, 0.3) is 0 Å². The number of aliphatic imine (C=N–C) groups is 1. The summed E-state index contributed by atoms with van der Waals surface area (Å²) in [7, 11) is 0. The SMILES string of the molecule is CCNC(C)=Nc1cc(C)c(Oc2ccccc2F)cc1Cl. The zero-order valence-corrected chi connectivity index (χ0v) is 13.5. The molecule has 3 nitrogen and oxygen atoms in total. The second kappa shape index (κ2) is 7.27. The molecule has 5 heteroatoms. The predicted octanol–water partition coefficient (Wildman–Crippen LogP) is 5.24. The monoisotopic (exact) mass is 320 g/mol. The number of para-hydroxylation sites is 1. The molecule has 116 valence electrons. The molecule has 0 aliphatic heterocycles. The molecule has 0 atom stereocenters. The van der Waals surface area contributed by atoms with Crippen molar-refractivity contribution >= 4 is 23.1 Å². The molecule has 0 bridgehead atoms. The minimum absolute atomic E-state index is 0.168. The van der Waals surface area contributed by atoms with Crippen molar-refractivity contribution in [3.63, 3.8) is 0 Å². The number of benzene rings is 2. The quantitative estimate of drug-likeness (QED) is 0.617. The van der Waals surface area contributed by atoms with Crippen LogP contribution in [0.2, 0.25) is 5.02 Å². The van der Waals surface area contributed by atoms with Crippen molar-refractivity contribution in [1.29, 1.82) is 0 Å². The van der Waals surface area contributed by atoms with Crippen LogP contribution in [-0.2, 0) is 0 Å². The molecule has 0 aliphatic rings. The van der Waals surface area contributed by atoms with Gasteiger partial charge < -0.3 is 10.1 Å². The number of rotatable bonds is 4. The minimum Gasteiger partial charge on any atom is -0.454 e. The van der Waals surface area contributed by atoms with Gasteiger partial charge in [0.25, 0.3) is 0 Å². The number of amidine groups is 1. The summed E-state index contributed by atoms with van der Waals surface area (Å²) in [5.41, 5.74) is 1.48. The first-order valence-electron chi connectivity index (χ1n) is 7.03. The van der Waals surface area contributed by atoms with Gasteiger partial charge in [-0.1, -0.05) is 23.7 Å². The van der Waals surface area contributed by atoms with E-state index in [-0.39, 0.29) is 5.75 Å². The van der Waals surface area contributed by atoms with Crippen LogP contribution in [0.4, 0.5) is 10.1 Å². The Labute approximate surface area is 134 Å². The van der Waals surface area contributed by atoms with Gasteiger partial charge in [-0.3, -0.25) is 0 Å². The van der Waals surface area contributed by atoms with E-state index in [1.54, 1.807) is 24.3 Å². The fourth-order valence-corrected chi connectivity index (χ4v) is 2.16. The Balaban J connectivity index is 2.31. The van der Waals surface area contributed by atoms with Crippen molar-refractivity contribution in [2.24, 2.45) is 4.99 Å². The topological polar surface area (TPSA) is 33.6 Å². The molecule has 0 saturated heterocycles. The van der Waals surface area contributed by atoms with Gasteiger partial charge in [-0.2, -0.15) is 0 Å². The molecule has 22 heavy (non-hydrogen) atoms. The Morgan fingerprint density at radius 3 is 2.68 bits per heavy atom. The van der Waals surface area contributed by atoms with Gasteiger partial charge in [-0.25, -0.2) is 9.38 Å². The van der Waals surface area contributed by atoms with Crippen molar-refractivity contribution in [3.05, 3.63) is 52.8 Å². The number of nitrogens with zero attached hydrogens (tertiary/aromatic N) is 1. The third-order valence-corrected chi connectivity index (χ3v) is 3.32. The molecule has 0 fully saturated rings. The van der Waals surface area contributed by atoms with Crippen LogP contribution in [-0.4, -0.2) is 12.4 Å². The van der Waals surface area contributed by atoms with Gasteiger partial charge in [-0.15, -0.1) is 0 Å². The average molecular weight is 321 g/mol. The minimum atomic E-state index is -0.414. The standard InChI is InChI=1S/C17H18ClFN2O/c1-4-20-12(3)21-15-9-11(2)17(10-13(15)18)22-16-8-6-5-7-14(16)19/h5-10H,4H2,1-3H3,(H,20,21). The molecule has 0 spiro atoms. The molecule has 0 radical (unpaired) electrons. The molecular weight excluding hydrogens is 303 g/mol. The van der Waals surface area contributed by atoms with Gasteiger partial charge in [0.2, 0.25) is 0 Å². The van der Waals surface area contributed by atoms with Gasteiger partial charge in [0.15, 0.2) is 11.6 Å².